The zero-order chi connectivity index (χ0) is 19.5. The van der Waals surface area contributed by atoms with Crippen molar-refractivity contribution in [2.24, 2.45) is 11.3 Å². The molecule has 0 N–H and O–H groups in total. The van der Waals surface area contributed by atoms with Gasteiger partial charge in [0.2, 0.25) is 0 Å². The Bertz CT molecular complexity index is 1100. The van der Waals surface area contributed by atoms with E-state index in [1.807, 2.05) is 30.3 Å². The van der Waals surface area contributed by atoms with Crippen LogP contribution >= 0.6 is 15.9 Å². The Kier molecular flexibility index (Phi) is 3.75. The quantitative estimate of drug-likeness (QED) is 0.428. The van der Waals surface area contributed by atoms with Gasteiger partial charge in [0.1, 0.15) is 5.41 Å². The molecule has 0 heterocycles. The number of ketones is 3. The van der Waals surface area contributed by atoms with Crippen LogP contribution in [0, 0.1) is 11.3 Å². The van der Waals surface area contributed by atoms with E-state index < -0.39 is 17.3 Å². The number of Topliss-reactive ketones (excluding diaryl/α,β-unsaturated/α-hetero) is 3. The second-order valence-corrected chi connectivity index (χ2v) is 8.23. The van der Waals surface area contributed by atoms with E-state index in [4.69, 9.17) is 0 Å². The van der Waals surface area contributed by atoms with Crippen LogP contribution in [-0.2, 0) is 0 Å². The van der Waals surface area contributed by atoms with E-state index in [9.17, 15) is 14.4 Å². The third-order valence-corrected chi connectivity index (χ3v) is 6.47. The molecule has 28 heavy (non-hydrogen) atoms. The van der Waals surface area contributed by atoms with Gasteiger partial charge in [0, 0.05) is 27.1 Å². The Hall–Kier alpha value is -2.85. The third-order valence-electron chi connectivity index (χ3n) is 5.94. The van der Waals surface area contributed by atoms with Crippen LogP contribution < -0.4 is 0 Å². The fourth-order valence-electron chi connectivity index (χ4n) is 4.65. The molecule has 0 unspecified atom stereocenters. The summed E-state index contributed by atoms with van der Waals surface area (Å²) in [6.07, 6.45) is 0. The van der Waals surface area contributed by atoms with Gasteiger partial charge in [0.05, 0.1) is 5.92 Å². The molecule has 0 bridgehead atoms. The number of carbonyl (C=O) groups excluding carboxylic acids is 3. The molecule has 1 spiro atoms. The van der Waals surface area contributed by atoms with Crippen LogP contribution in [0.2, 0.25) is 0 Å². The lowest BCUT2D eigenvalue weighted by Crippen LogP contribution is -2.23. The van der Waals surface area contributed by atoms with Crippen molar-refractivity contribution in [1.29, 1.82) is 0 Å². The molecule has 2 aliphatic rings. The molecule has 3 aromatic rings. The van der Waals surface area contributed by atoms with Gasteiger partial charge >= 0.3 is 0 Å². The topological polar surface area (TPSA) is 51.2 Å². The van der Waals surface area contributed by atoms with Crippen molar-refractivity contribution < 1.29 is 14.4 Å². The van der Waals surface area contributed by atoms with E-state index in [-0.39, 0.29) is 17.3 Å². The van der Waals surface area contributed by atoms with Gasteiger partial charge in [-0.15, -0.1) is 0 Å². The van der Waals surface area contributed by atoms with E-state index in [0.717, 1.165) is 10.0 Å². The molecule has 1 fully saturated rings. The van der Waals surface area contributed by atoms with Gasteiger partial charge in [-0.2, -0.15) is 0 Å². The second-order valence-electron chi connectivity index (χ2n) is 7.31. The lowest BCUT2D eigenvalue weighted by Gasteiger charge is -2.07. The Balaban J connectivity index is 1.65. The molecule has 0 saturated heterocycles. The summed E-state index contributed by atoms with van der Waals surface area (Å²) < 4.78 is 0.870. The largest absolute Gasteiger partial charge is 0.294 e. The molecule has 136 valence electrons. The van der Waals surface area contributed by atoms with Gasteiger partial charge in [0.25, 0.3) is 0 Å². The molecule has 1 saturated carbocycles. The summed E-state index contributed by atoms with van der Waals surface area (Å²) in [6, 6.07) is 23.4. The van der Waals surface area contributed by atoms with Crippen LogP contribution in [0.3, 0.4) is 0 Å². The minimum absolute atomic E-state index is 0.157. The van der Waals surface area contributed by atoms with E-state index in [1.165, 1.54) is 0 Å². The molecule has 0 radical (unpaired) electrons. The molecule has 0 aromatic heterocycles. The summed E-state index contributed by atoms with van der Waals surface area (Å²) in [4.78, 5) is 40.2. The Morgan fingerprint density at radius 2 is 1.29 bits per heavy atom. The first-order valence-corrected chi connectivity index (χ1v) is 9.89. The van der Waals surface area contributed by atoms with Crippen molar-refractivity contribution in [3.05, 3.63) is 106 Å². The SMILES string of the molecule is O=C(c1ccc(Br)cc1)[C@H]1[C@H](c2ccccc2)C12C(=O)c1ccccc1C2=O. The summed E-state index contributed by atoms with van der Waals surface area (Å²) in [5.41, 5.74) is 0.920. The van der Waals surface area contributed by atoms with Crippen LogP contribution in [0.5, 0.6) is 0 Å². The van der Waals surface area contributed by atoms with E-state index in [0.29, 0.717) is 16.7 Å². The van der Waals surface area contributed by atoms with Gasteiger partial charge in [-0.1, -0.05) is 82.7 Å². The monoisotopic (exact) mass is 430 g/mol. The highest BCUT2D eigenvalue weighted by Gasteiger charge is 2.78. The molecular weight excluding hydrogens is 416 g/mol. The van der Waals surface area contributed by atoms with Crippen LogP contribution in [0.25, 0.3) is 0 Å². The molecule has 4 heteroatoms. The summed E-state index contributed by atoms with van der Waals surface area (Å²) in [7, 11) is 0. The number of benzene rings is 3. The normalized spacial score (nSPS) is 21.6. The molecule has 0 aliphatic heterocycles. The van der Waals surface area contributed by atoms with Crippen molar-refractivity contribution in [3.8, 4) is 0 Å². The highest BCUT2D eigenvalue weighted by Crippen LogP contribution is 2.70. The minimum atomic E-state index is -1.31. The van der Waals surface area contributed by atoms with Crippen LogP contribution in [-0.4, -0.2) is 17.3 Å². The fourth-order valence-corrected chi connectivity index (χ4v) is 4.91. The first kappa shape index (κ1) is 17.3. The number of carbonyl (C=O) groups is 3. The maximum absolute atomic E-state index is 13.4. The Morgan fingerprint density at radius 3 is 1.86 bits per heavy atom. The van der Waals surface area contributed by atoms with Gasteiger partial charge in [-0.25, -0.2) is 0 Å². The minimum Gasteiger partial charge on any atom is -0.294 e. The first-order valence-electron chi connectivity index (χ1n) is 9.10. The van der Waals surface area contributed by atoms with Crippen molar-refractivity contribution in [3.63, 3.8) is 0 Å². The summed E-state index contributed by atoms with van der Waals surface area (Å²) >= 11 is 3.37. The van der Waals surface area contributed by atoms with E-state index in [2.05, 4.69) is 15.9 Å². The summed E-state index contributed by atoms with van der Waals surface area (Å²) in [5.74, 6) is -1.72. The summed E-state index contributed by atoms with van der Waals surface area (Å²) in [6.45, 7) is 0. The van der Waals surface area contributed by atoms with Crippen molar-refractivity contribution in [2.45, 2.75) is 5.92 Å². The number of rotatable bonds is 3. The van der Waals surface area contributed by atoms with Crippen molar-refractivity contribution >= 4 is 33.3 Å². The molecule has 5 rings (SSSR count). The van der Waals surface area contributed by atoms with Gasteiger partial charge in [0.15, 0.2) is 17.3 Å². The predicted molar refractivity (Wildman–Crippen MR) is 109 cm³/mol. The van der Waals surface area contributed by atoms with Crippen LogP contribution in [0.1, 0.15) is 42.6 Å². The standard InChI is InChI=1S/C24H15BrO3/c25-16-12-10-15(11-13-16)21(26)20-19(14-6-2-1-3-7-14)24(20)22(27)17-8-4-5-9-18(17)23(24)28/h1-13,19-20H/t19-,20+/m0/s1. The molecule has 3 nitrogen and oxygen atoms in total. The van der Waals surface area contributed by atoms with Crippen LogP contribution in [0.4, 0.5) is 0 Å². The van der Waals surface area contributed by atoms with E-state index >= 15 is 0 Å². The van der Waals surface area contributed by atoms with E-state index in [1.54, 1.807) is 48.5 Å². The molecule has 3 aromatic carbocycles. The molecular formula is C24H15BrO3. The zero-order valence-corrected chi connectivity index (χ0v) is 16.3. The zero-order valence-electron chi connectivity index (χ0n) is 14.8. The lowest BCUT2D eigenvalue weighted by atomic mass is 9.91. The van der Waals surface area contributed by atoms with Gasteiger partial charge in [-0.3, -0.25) is 14.4 Å². The van der Waals surface area contributed by atoms with Crippen molar-refractivity contribution in [1.82, 2.24) is 0 Å². The molecule has 2 aliphatic carbocycles. The lowest BCUT2D eigenvalue weighted by molar-refractivity contribution is 0.0764. The smallest absolute Gasteiger partial charge is 0.178 e. The molecule has 2 atom stereocenters. The number of hydrogen-bond donors (Lipinski definition) is 0. The predicted octanol–water partition coefficient (Wildman–Crippen LogP) is 5.11. The second kappa shape index (κ2) is 6.08. The highest BCUT2D eigenvalue weighted by atomic mass is 79.9. The average molecular weight is 431 g/mol. The highest BCUT2D eigenvalue weighted by molar-refractivity contribution is 9.10. The van der Waals surface area contributed by atoms with Crippen LogP contribution in [0.15, 0.2) is 83.3 Å². The fraction of sp³-hybridized carbons (Fsp3) is 0.125. The van der Waals surface area contributed by atoms with Gasteiger partial charge in [-0.05, 0) is 17.7 Å². The number of halogens is 1. The number of hydrogen-bond acceptors (Lipinski definition) is 3. The average Bonchev–Trinajstić information content (AvgIpc) is 3.39. The Morgan fingerprint density at radius 1 is 0.750 bits per heavy atom. The maximum Gasteiger partial charge on any atom is 0.178 e. The maximum atomic E-state index is 13.4. The van der Waals surface area contributed by atoms with Crippen molar-refractivity contribution in [2.75, 3.05) is 0 Å². The third kappa shape index (κ3) is 2.18. The first-order chi connectivity index (χ1) is 13.6. The Labute approximate surface area is 170 Å². The molecule has 0 amide bonds. The summed E-state index contributed by atoms with van der Waals surface area (Å²) in [5, 5.41) is 0. The van der Waals surface area contributed by atoms with Gasteiger partial charge < -0.3 is 0 Å². The number of fused-ring (bicyclic) bond motifs is 1.